The number of benzene rings is 2. The minimum absolute atomic E-state index is 0.458. The number of ether oxygens (including phenoxy) is 4. The molecule has 0 heterocycles. The smallest absolute Gasteiger partial charge is 0.354 e. The Morgan fingerprint density at radius 2 is 0.938 bits per heavy atom. The second-order valence-electron chi connectivity index (χ2n) is 6.10. The van der Waals surface area contributed by atoms with E-state index in [4.69, 9.17) is 18.9 Å². The summed E-state index contributed by atoms with van der Waals surface area (Å²) >= 11 is 5.75. The van der Waals surface area contributed by atoms with Gasteiger partial charge in [0.2, 0.25) is 0 Å². The summed E-state index contributed by atoms with van der Waals surface area (Å²) in [7, 11) is 2.57. The zero-order valence-corrected chi connectivity index (χ0v) is 20.1. The van der Waals surface area contributed by atoms with Crippen molar-refractivity contribution in [2.24, 2.45) is 0 Å². The van der Waals surface area contributed by atoms with Gasteiger partial charge in [-0.3, -0.25) is 0 Å². The molecule has 32 heavy (non-hydrogen) atoms. The van der Waals surface area contributed by atoms with Crippen LogP contribution in [0, 0.1) is 0 Å². The maximum Gasteiger partial charge on any atom is 0.354 e. The molecule has 168 valence electrons. The highest BCUT2D eigenvalue weighted by molar-refractivity contribution is 9.14. The highest BCUT2D eigenvalue weighted by Gasteiger charge is 2.30. The predicted octanol–water partition coefficient (Wildman–Crippen LogP) is 3.90. The average molecular weight is 570 g/mol. The van der Waals surface area contributed by atoms with Crippen molar-refractivity contribution in [3.8, 4) is 0 Å². The summed E-state index contributed by atoms with van der Waals surface area (Å²) in [5.74, 6) is -4.35. The second-order valence-corrected chi connectivity index (χ2v) is 7.68. The molecule has 2 aromatic rings. The largest absolute Gasteiger partial charge is 0.387 e. The topological polar surface area (TPSA) is 105 Å². The van der Waals surface area contributed by atoms with Crippen LogP contribution in [0.1, 0.15) is 23.3 Å². The lowest BCUT2D eigenvalue weighted by atomic mass is 10.1. The molecular weight excluding hydrogens is 552 g/mol. The van der Waals surface area contributed by atoms with Gasteiger partial charge in [-0.2, -0.15) is 0 Å². The molecule has 0 saturated carbocycles. The molecule has 0 fully saturated rings. The second kappa shape index (κ2) is 12.4. The van der Waals surface area contributed by atoms with Crippen LogP contribution in [0.2, 0.25) is 0 Å². The van der Waals surface area contributed by atoms with E-state index in [0.717, 1.165) is 0 Å². The van der Waals surface area contributed by atoms with Crippen molar-refractivity contribution in [3.63, 3.8) is 0 Å². The van der Waals surface area contributed by atoms with Gasteiger partial charge in [0.05, 0.1) is 0 Å². The molecule has 8 nitrogen and oxygen atoms in total. The fraction of sp³-hybridized carbons (Fsp3) is 0.182. The summed E-state index contributed by atoms with van der Waals surface area (Å²) in [5.41, 5.74) is 0.951. The maximum atomic E-state index is 12.3. The van der Waals surface area contributed by atoms with Crippen molar-refractivity contribution in [1.82, 2.24) is 0 Å². The van der Waals surface area contributed by atoms with Crippen LogP contribution in [-0.2, 0) is 38.1 Å². The predicted molar refractivity (Wildman–Crippen MR) is 119 cm³/mol. The van der Waals surface area contributed by atoms with Crippen molar-refractivity contribution < 1.29 is 38.1 Å². The lowest BCUT2D eigenvalue weighted by molar-refractivity contribution is -0.167. The third-order valence-corrected chi connectivity index (χ3v) is 6.01. The van der Waals surface area contributed by atoms with Crippen LogP contribution in [0.15, 0.2) is 69.6 Å². The molecule has 0 aliphatic rings. The van der Waals surface area contributed by atoms with Gasteiger partial charge in [-0.15, -0.1) is 0 Å². The molecule has 2 rings (SSSR count). The lowest BCUT2D eigenvalue weighted by Gasteiger charge is -2.14. The molecule has 0 spiro atoms. The first kappa shape index (κ1) is 25.6. The lowest BCUT2D eigenvalue weighted by Crippen LogP contribution is -2.24. The molecule has 10 heteroatoms. The zero-order valence-electron chi connectivity index (χ0n) is 17.0. The van der Waals surface area contributed by atoms with E-state index in [-0.39, 0.29) is 0 Å². The highest BCUT2D eigenvalue weighted by Crippen LogP contribution is 2.25. The first-order valence-corrected chi connectivity index (χ1v) is 10.6. The third kappa shape index (κ3) is 6.67. The van der Waals surface area contributed by atoms with Gasteiger partial charge >= 0.3 is 23.9 Å². The van der Waals surface area contributed by atoms with E-state index in [1.54, 1.807) is 60.7 Å². The van der Waals surface area contributed by atoms with Crippen LogP contribution >= 0.6 is 31.9 Å². The van der Waals surface area contributed by atoms with Crippen LogP contribution < -0.4 is 0 Å². The first-order chi connectivity index (χ1) is 15.3. The first-order valence-electron chi connectivity index (χ1n) is 9.02. The molecule has 0 N–H and O–H groups in total. The fourth-order valence-corrected chi connectivity index (χ4v) is 3.04. The number of hydrogen-bond acceptors (Lipinski definition) is 8. The van der Waals surface area contributed by atoms with Crippen LogP contribution in [0.5, 0.6) is 0 Å². The number of esters is 4. The van der Waals surface area contributed by atoms with Gasteiger partial charge in [-0.1, -0.05) is 60.7 Å². The molecule has 2 atom stereocenters. The Kier molecular flexibility index (Phi) is 9.92. The molecule has 2 aromatic carbocycles. The van der Waals surface area contributed by atoms with E-state index in [0.29, 0.717) is 11.1 Å². The molecule has 2 unspecified atom stereocenters. The third-order valence-electron chi connectivity index (χ3n) is 4.04. The Labute approximate surface area is 200 Å². The average Bonchev–Trinajstić information content (AvgIpc) is 2.80. The van der Waals surface area contributed by atoms with Gasteiger partial charge in [-0.05, 0) is 43.0 Å². The summed E-state index contributed by atoms with van der Waals surface area (Å²) in [6, 6.07) is 16.8. The monoisotopic (exact) mass is 568 g/mol. The van der Waals surface area contributed by atoms with E-state index >= 15 is 0 Å². The van der Waals surface area contributed by atoms with Crippen LogP contribution in [0.3, 0.4) is 0 Å². The highest BCUT2D eigenvalue weighted by atomic mass is 79.9. The molecule has 0 radical (unpaired) electrons. The molecular formula is C22H18Br2O8. The van der Waals surface area contributed by atoms with E-state index in [1.807, 2.05) is 0 Å². The van der Waals surface area contributed by atoms with Crippen molar-refractivity contribution >= 4 is 55.7 Å². The Morgan fingerprint density at radius 3 is 1.22 bits per heavy atom. The normalized spacial score (nSPS) is 13.4. The fourth-order valence-electron chi connectivity index (χ4n) is 2.55. The van der Waals surface area contributed by atoms with Gasteiger partial charge in [0.1, 0.15) is 8.96 Å². The Hall–Kier alpha value is -2.66. The number of rotatable bonds is 8. The van der Waals surface area contributed by atoms with Crippen molar-refractivity contribution in [3.05, 3.63) is 80.8 Å². The van der Waals surface area contributed by atoms with Gasteiger partial charge in [0, 0.05) is 14.2 Å². The van der Waals surface area contributed by atoms with E-state index in [9.17, 15) is 19.2 Å². The number of carbonyl (C=O) groups is 4. The number of carbonyl (C=O) groups excluding carboxylic acids is 4. The van der Waals surface area contributed by atoms with E-state index < -0.39 is 45.0 Å². The van der Waals surface area contributed by atoms with E-state index in [2.05, 4.69) is 31.9 Å². The summed E-state index contributed by atoms with van der Waals surface area (Å²) < 4.78 is 18.8. The minimum Gasteiger partial charge on any atom is -0.387 e. The Morgan fingerprint density at radius 1 is 0.625 bits per heavy atom. The standard InChI is InChI=1S/C22H18Br2O8/c1-29-17(13-9-5-3-6-10-13)21(27)31-19(25)15(23)16(24)20(26)32-22(28)18(30-2)14-11-7-4-8-12-14/h3-12,17-18H,1-2H3/b16-15-. The van der Waals surface area contributed by atoms with Gasteiger partial charge in [0.25, 0.3) is 0 Å². The summed E-state index contributed by atoms with van der Waals surface area (Å²) in [4.78, 5) is 49.3. The molecule has 0 aliphatic carbocycles. The van der Waals surface area contributed by atoms with E-state index in [1.165, 1.54) is 14.2 Å². The van der Waals surface area contributed by atoms with Crippen LogP contribution in [-0.4, -0.2) is 38.1 Å². The Balaban J connectivity index is 2.07. The van der Waals surface area contributed by atoms with Crippen molar-refractivity contribution in [2.75, 3.05) is 14.2 Å². The maximum absolute atomic E-state index is 12.3. The summed E-state index contributed by atoms with van der Waals surface area (Å²) in [6.45, 7) is 0. The summed E-state index contributed by atoms with van der Waals surface area (Å²) in [6.07, 6.45) is -2.30. The van der Waals surface area contributed by atoms with Gasteiger partial charge in [0.15, 0.2) is 12.2 Å². The molecule has 0 aliphatic heterocycles. The van der Waals surface area contributed by atoms with Crippen molar-refractivity contribution in [1.29, 1.82) is 0 Å². The van der Waals surface area contributed by atoms with Gasteiger partial charge in [-0.25, -0.2) is 19.2 Å². The quantitative estimate of drug-likeness (QED) is 0.268. The van der Waals surface area contributed by atoms with Crippen LogP contribution in [0.25, 0.3) is 0 Å². The van der Waals surface area contributed by atoms with Gasteiger partial charge < -0.3 is 18.9 Å². The molecule has 0 amide bonds. The van der Waals surface area contributed by atoms with Crippen molar-refractivity contribution in [2.45, 2.75) is 12.2 Å². The Bertz CT molecular complexity index is 924. The SMILES string of the molecule is COC(C(=O)OC(=O)/C(Br)=C(/Br)C(=O)OC(=O)C(OC)c1ccccc1)c1ccccc1. The minimum atomic E-state index is -1.18. The number of methoxy groups -OCH3 is 2. The summed E-state index contributed by atoms with van der Waals surface area (Å²) in [5, 5.41) is 0. The molecule has 0 bridgehead atoms. The number of hydrogen-bond donors (Lipinski definition) is 0. The molecule has 0 aromatic heterocycles. The van der Waals surface area contributed by atoms with Crippen LogP contribution in [0.4, 0.5) is 0 Å². The zero-order chi connectivity index (χ0) is 23.7. The molecule has 0 saturated heterocycles. The number of halogens is 2.